The van der Waals surface area contributed by atoms with Gasteiger partial charge in [0.25, 0.3) is 0 Å². The molecule has 2 aliphatic heterocycles. The average Bonchev–Trinajstić information content (AvgIpc) is 3.06. The summed E-state index contributed by atoms with van der Waals surface area (Å²) in [5.74, 6) is -0.496. The van der Waals surface area contributed by atoms with Crippen LogP contribution in [0.2, 0.25) is 0 Å². The number of hydrogen-bond donors (Lipinski definition) is 0. The first-order valence-electron chi connectivity index (χ1n) is 8.13. The van der Waals surface area contributed by atoms with E-state index in [0.29, 0.717) is 22.2 Å². The van der Waals surface area contributed by atoms with Gasteiger partial charge in [-0.15, -0.1) is 0 Å². The zero-order valence-corrected chi connectivity index (χ0v) is 15.3. The molecule has 0 N–H and O–H groups in total. The minimum atomic E-state index is -3.20. The Morgan fingerprint density at radius 1 is 1.04 bits per heavy atom. The van der Waals surface area contributed by atoms with Gasteiger partial charge in [0.2, 0.25) is 0 Å². The fourth-order valence-electron chi connectivity index (χ4n) is 3.32. The molecule has 8 heteroatoms. The van der Waals surface area contributed by atoms with E-state index in [1.165, 1.54) is 23.9 Å². The van der Waals surface area contributed by atoms with Crippen molar-refractivity contribution in [2.75, 3.05) is 16.4 Å². The molecule has 0 aromatic heterocycles. The van der Waals surface area contributed by atoms with E-state index in [0.717, 1.165) is 0 Å². The summed E-state index contributed by atoms with van der Waals surface area (Å²) in [4.78, 5) is 6.19. The van der Waals surface area contributed by atoms with Gasteiger partial charge < -0.3 is 4.90 Å². The number of thioether (sulfide) groups is 1. The fourth-order valence-corrected chi connectivity index (χ4v) is 6.27. The van der Waals surface area contributed by atoms with Gasteiger partial charge in [-0.2, -0.15) is 0 Å². The smallest absolute Gasteiger partial charge is 0.164 e. The Kier molecular flexibility index (Phi) is 4.48. The highest BCUT2D eigenvalue weighted by Crippen LogP contribution is 2.37. The fraction of sp³-hybridized carbons (Fsp3) is 0.278. The van der Waals surface area contributed by atoms with Gasteiger partial charge in [0.05, 0.1) is 29.3 Å². The maximum atomic E-state index is 14.4. The van der Waals surface area contributed by atoms with Gasteiger partial charge in [0, 0.05) is 5.75 Å². The lowest BCUT2D eigenvalue weighted by atomic mass is 10.1. The molecule has 0 radical (unpaired) electrons. The summed E-state index contributed by atoms with van der Waals surface area (Å²) in [5, 5.41) is 0.531. The lowest BCUT2D eigenvalue weighted by Crippen LogP contribution is -2.39. The highest BCUT2D eigenvalue weighted by atomic mass is 32.2. The normalized spacial score (nSPS) is 23.8. The molecule has 1 saturated heterocycles. The van der Waals surface area contributed by atoms with Crippen LogP contribution >= 0.6 is 11.8 Å². The Hall–Kier alpha value is -1.93. The van der Waals surface area contributed by atoms with Gasteiger partial charge >= 0.3 is 0 Å². The number of para-hydroxylation sites is 1. The first kappa shape index (κ1) is 17.5. The zero-order valence-electron chi connectivity index (χ0n) is 13.7. The van der Waals surface area contributed by atoms with Crippen molar-refractivity contribution in [1.82, 2.24) is 0 Å². The van der Waals surface area contributed by atoms with Crippen LogP contribution in [0.5, 0.6) is 0 Å². The minimum Gasteiger partial charge on any atom is -0.312 e. The summed E-state index contributed by atoms with van der Waals surface area (Å²) >= 11 is 1.29. The molecular formula is C18H16F2N2O2S2. The molecule has 4 nitrogen and oxygen atoms in total. The number of aliphatic imine (C=N–C) groups is 1. The number of anilines is 1. The van der Waals surface area contributed by atoms with Crippen molar-refractivity contribution in [3.8, 4) is 0 Å². The van der Waals surface area contributed by atoms with Crippen LogP contribution in [0.4, 0.5) is 14.5 Å². The molecule has 0 saturated carbocycles. The summed E-state index contributed by atoms with van der Waals surface area (Å²) in [7, 11) is -3.20. The molecule has 26 heavy (non-hydrogen) atoms. The third kappa shape index (κ3) is 3.23. The van der Waals surface area contributed by atoms with Crippen molar-refractivity contribution in [1.29, 1.82) is 0 Å². The number of sulfone groups is 1. The van der Waals surface area contributed by atoms with Gasteiger partial charge in [-0.3, -0.25) is 4.99 Å². The summed E-state index contributed by atoms with van der Waals surface area (Å²) in [6.45, 7) is 0. The monoisotopic (exact) mass is 394 g/mol. The summed E-state index contributed by atoms with van der Waals surface area (Å²) in [6.07, 6.45) is 0. The van der Waals surface area contributed by atoms with E-state index < -0.39 is 27.7 Å². The second-order valence-electron chi connectivity index (χ2n) is 6.32. The standard InChI is InChI=1S/C18H16F2N2O2S2/c19-13-6-2-1-5-12(13)9-25-18-21-15-10-26(23,24)11-17(15)22(18)16-8-4-3-7-14(16)20/h1-8,15,17H,9-11H2/t15-,17-/m1/s1. The maximum Gasteiger partial charge on any atom is 0.164 e. The molecule has 2 atom stereocenters. The average molecular weight is 394 g/mol. The molecule has 0 unspecified atom stereocenters. The number of rotatable bonds is 3. The first-order chi connectivity index (χ1) is 12.4. The van der Waals surface area contributed by atoms with Crippen molar-refractivity contribution in [2.45, 2.75) is 17.8 Å². The minimum absolute atomic E-state index is 0.0353. The number of fused-ring (bicyclic) bond motifs is 1. The van der Waals surface area contributed by atoms with Crippen LogP contribution in [-0.2, 0) is 15.6 Å². The molecule has 2 aromatic rings. The Balaban J connectivity index is 1.65. The van der Waals surface area contributed by atoms with E-state index >= 15 is 0 Å². The second kappa shape index (κ2) is 6.66. The second-order valence-corrected chi connectivity index (χ2v) is 9.42. The van der Waals surface area contributed by atoms with Crippen LogP contribution in [0.3, 0.4) is 0 Å². The van der Waals surface area contributed by atoms with Gasteiger partial charge in [-0.25, -0.2) is 17.2 Å². The number of hydrogen-bond acceptors (Lipinski definition) is 5. The number of amidine groups is 1. The molecule has 0 bridgehead atoms. The summed E-state index contributed by atoms with van der Waals surface area (Å²) < 4.78 is 52.2. The predicted molar refractivity (Wildman–Crippen MR) is 100 cm³/mol. The summed E-state index contributed by atoms with van der Waals surface area (Å²) in [5.41, 5.74) is 0.829. The Morgan fingerprint density at radius 3 is 2.46 bits per heavy atom. The molecule has 136 valence electrons. The predicted octanol–water partition coefficient (Wildman–Crippen LogP) is 3.24. The van der Waals surface area contributed by atoms with E-state index in [1.54, 1.807) is 41.3 Å². The maximum absolute atomic E-state index is 14.4. The van der Waals surface area contributed by atoms with Crippen molar-refractivity contribution < 1.29 is 17.2 Å². The van der Waals surface area contributed by atoms with E-state index in [1.807, 2.05) is 0 Å². The van der Waals surface area contributed by atoms with Gasteiger partial charge in [-0.05, 0) is 23.8 Å². The Labute approximate surface area is 154 Å². The lowest BCUT2D eigenvalue weighted by molar-refractivity contribution is 0.600. The Morgan fingerprint density at radius 2 is 1.73 bits per heavy atom. The quantitative estimate of drug-likeness (QED) is 0.802. The number of nitrogens with zero attached hydrogens (tertiary/aromatic N) is 2. The lowest BCUT2D eigenvalue weighted by Gasteiger charge is -2.26. The highest BCUT2D eigenvalue weighted by molar-refractivity contribution is 8.13. The molecule has 0 aliphatic carbocycles. The van der Waals surface area contributed by atoms with E-state index in [-0.39, 0.29) is 17.3 Å². The molecule has 2 aromatic carbocycles. The Bertz CT molecular complexity index is 979. The van der Waals surface area contributed by atoms with E-state index in [4.69, 9.17) is 0 Å². The molecule has 4 rings (SSSR count). The highest BCUT2D eigenvalue weighted by Gasteiger charge is 2.47. The van der Waals surface area contributed by atoms with E-state index in [2.05, 4.69) is 4.99 Å². The van der Waals surface area contributed by atoms with Crippen LogP contribution in [0.15, 0.2) is 53.5 Å². The van der Waals surface area contributed by atoms with Crippen LogP contribution < -0.4 is 4.90 Å². The third-order valence-electron chi connectivity index (χ3n) is 4.53. The first-order valence-corrected chi connectivity index (χ1v) is 10.9. The molecule has 2 heterocycles. The van der Waals surface area contributed by atoms with Gasteiger partial charge in [0.1, 0.15) is 11.6 Å². The van der Waals surface area contributed by atoms with Crippen molar-refractivity contribution in [3.63, 3.8) is 0 Å². The SMILES string of the molecule is O=S1(=O)C[C@@H]2[C@@H](C1)N=C(SCc1ccccc1F)N2c1ccccc1F. The molecule has 1 fully saturated rings. The zero-order chi connectivity index (χ0) is 18.3. The van der Waals surface area contributed by atoms with Crippen LogP contribution in [0, 0.1) is 11.6 Å². The largest absolute Gasteiger partial charge is 0.312 e. The van der Waals surface area contributed by atoms with E-state index in [9.17, 15) is 17.2 Å². The summed E-state index contributed by atoms with van der Waals surface area (Å²) in [6, 6.07) is 11.9. The molecule has 2 aliphatic rings. The number of halogens is 2. The van der Waals surface area contributed by atoms with Crippen molar-refractivity contribution >= 4 is 32.5 Å². The molecule has 0 spiro atoms. The van der Waals surface area contributed by atoms with Gasteiger partial charge in [-0.1, -0.05) is 42.1 Å². The van der Waals surface area contributed by atoms with Crippen LogP contribution in [-0.4, -0.2) is 37.2 Å². The molecular weight excluding hydrogens is 378 g/mol. The third-order valence-corrected chi connectivity index (χ3v) is 7.25. The van der Waals surface area contributed by atoms with Crippen LogP contribution in [0.1, 0.15) is 5.56 Å². The van der Waals surface area contributed by atoms with Crippen molar-refractivity contribution in [3.05, 3.63) is 65.7 Å². The van der Waals surface area contributed by atoms with Gasteiger partial charge in [0.15, 0.2) is 15.0 Å². The van der Waals surface area contributed by atoms with Crippen molar-refractivity contribution in [2.24, 2.45) is 4.99 Å². The number of benzene rings is 2. The topological polar surface area (TPSA) is 49.7 Å². The van der Waals surface area contributed by atoms with Crippen LogP contribution in [0.25, 0.3) is 0 Å². The molecule has 0 amide bonds.